The largest absolute Gasteiger partial charge is 0.467 e. The molecular formula is C30H44N2O6S2. The summed E-state index contributed by atoms with van der Waals surface area (Å²) < 4.78 is 10.1. The standard InChI is InChI=1S/C30H44N2O6S2/c1-37-25(33)23(31-27(35)29-9-17-3-18(10-29)5-19(4-17)11-29)15-39-40-16-24(26(34)38-2)32-28(36)30-12-20-6-21(13-30)8-22(7-20)14-30/h17-24H,3-16H2,1-2H3,(H,31,35)(H,32,36)/t17?,18?,19?,20?,21?,22?,23-,24-,29?,30?/m0/s1. The topological polar surface area (TPSA) is 111 Å². The van der Waals surface area contributed by atoms with Crippen molar-refractivity contribution in [1.29, 1.82) is 0 Å². The van der Waals surface area contributed by atoms with Crippen LogP contribution in [0.2, 0.25) is 0 Å². The van der Waals surface area contributed by atoms with Gasteiger partial charge < -0.3 is 20.1 Å². The summed E-state index contributed by atoms with van der Waals surface area (Å²) in [4.78, 5) is 52.3. The van der Waals surface area contributed by atoms with Crippen LogP contribution in [0.3, 0.4) is 0 Å². The Labute approximate surface area is 245 Å². The first-order valence-electron chi connectivity index (χ1n) is 15.2. The quantitative estimate of drug-likeness (QED) is 0.210. The zero-order chi connectivity index (χ0) is 28.1. The van der Waals surface area contributed by atoms with Crippen LogP contribution in [0.4, 0.5) is 0 Å². The third-order valence-corrected chi connectivity index (χ3v) is 13.6. The smallest absolute Gasteiger partial charge is 0.329 e. The average molecular weight is 593 g/mol. The van der Waals surface area contributed by atoms with E-state index in [1.54, 1.807) is 0 Å². The number of carbonyl (C=O) groups excluding carboxylic acids is 4. The molecule has 0 unspecified atom stereocenters. The van der Waals surface area contributed by atoms with Gasteiger partial charge in [-0.2, -0.15) is 0 Å². The van der Waals surface area contributed by atoms with E-state index in [1.807, 2.05) is 0 Å². The number of rotatable bonds is 11. The van der Waals surface area contributed by atoms with Crippen molar-refractivity contribution in [3.63, 3.8) is 0 Å². The first-order chi connectivity index (χ1) is 19.2. The molecule has 8 nitrogen and oxygen atoms in total. The summed E-state index contributed by atoms with van der Waals surface area (Å²) in [6.07, 6.45) is 13.1. The Bertz CT molecular complexity index is 883. The van der Waals surface area contributed by atoms with Crippen LogP contribution in [0.15, 0.2) is 0 Å². The van der Waals surface area contributed by atoms with Gasteiger partial charge in [0.05, 0.1) is 14.2 Å². The first-order valence-corrected chi connectivity index (χ1v) is 17.7. The summed E-state index contributed by atoms with van der Waals surface area (Å²) in [7, 11) is 5.51. The molecule has 8 bridgehead atoms. The molecule has 0 saturated heterocycles. The van der Waals surface area contributed by atoms with E-state index in [0.29, 0.717) is 47.0 Å². The Morgan fingerprint density at radius 1 is 0.600 bits per heavy atom. The lowest BCUT2D eigenvalue weighted by molar-refractivity contribution is -0.152. The average Bonchev–Trinajstić information content (AvgIpc) is 2.91. The zero-order valence-electron chi connectivity index (χ0n) is 23.8. The minimum absolute atomic E-state index is 0.00266. The van der Waals surface area contributed by atoms with Gasteiger partial charge in [0, 0.05) is 22.3 Å². The van der Waals surface area contributed by atoms with Crippen LogP contribution in [0.25, 0.3) is 0 Å². The molecule has 8 aliphatic rings. The molecule has 0 aliphatic heterocycles. The second-order valence-corrected chi connectivity index (χ2v) is 16.6. The highest BCUT2D eigenvalue weighted by Gasteiger charge is 2.56. The molecule has 40 heavy (non-hydrogen) atoms. The van der Waals surface area contributed by atoms with Crippen molar-refractivity contribution in [2.45, 2.75) is 89.1 Å². The maximum atomic E-state index is 13.5. The molecule has 0 spiro atoms. The highest BCUT2D eigenvalue weighted by Crippen LogP contribution is 2.61. The fraction of sp³-hybridized carbons (Fsp3) is 0.867. The summed E-state index contributed by atoms with van der Waals surface area (Å²) in [6, 6.07) is -1.50. The number of hydrogen-bond donors (Lipinski definition) is 2. The fourth-order valence-corrected chi connectivity index (χ4v) is 12.6. The van der Waals surface area contributed by atoms with Crippen LogP contribution in [-0.4, -0.2) is 61.6 Å². The molecule has 222 valence electrons. The van der Waals surface area contributed by atoms with Crippen LogP contribution in [0, 0.1) is 46.3 Å². The van der Waals surface area contributed by atoms with Crippen molar-refractivity contribution in [3.8, 4) is 0 Å². The molecule has 0 heterocycles. The molecule has 0 aromatic carbocycles. The van der Waals surface area contributed by atoms with Gasteiger partial charge in [-0.1, -0.05) is 21.6 Å². The molecular weight excluding hydrogens is 548 g/mol. The van der Waals surface area contributed by atoms with Gasteiger partial charge in [-0.15, -0.1) is 0 Å². The highest BCUT2D eigenvalue weighted by molar-refractivity contribution is 8.76. The number of carbonyl (C=O) groups is 4. The molecule has 8 rings (SSSR count). The van der Waals surface area contributed by atoms with Gasteiger partial charge in [0.1, 0.15) is 12.1 Å². The van der Waals surface area contributed by atoms with Crippen molar-refractivity contribution < 1.29 is 28.7 Å². The van der Waals surface area contributed by atoms with E-state index in [0.717, 1.165) is 38.5 Å². The van der Waals surface area contributed by atoms with Gasteiger partial charge in [-0.25, -0.2) is 9.59 Å². The number of nitrogens with one attached hydrogen (secondary N) is 2. The molecule has 2 amide bonds. The molecule has 8 aliphatic carbocycles. The van der Waals surface area contributed by atoms with Gasteiger partial charge >= 0.3 is 11.9 Å². The van der Waals surface area contributed by atoms with Crippen molar-refractivity contribution >= 4 is 45.3 Å². The fourth-order valence-electron chi connectivity index (χ4n) is 10.3. The van der Waals surface area contributed by atoms with Crippen LogP contribution in [0.5, 0.6) is 0 Å². The number of methoxy groups -OCH3 is 2. The van der Waals surface area contributed by atoms with E-state index < -0.39 is 24.0 Å². The van der Waals surface area contributed by atoms with E-state index in [2.05, 4.69) is 10.6 Å². The van der Waals surface area contributed by atoms with E-state index >= 15 is 0 Å². The second kappa shape index (κ2) is 11.3. The number of esters is 2. The molecule has 10 heteroatoms. The van der Waals surface area contributed by atoms with E-state index in [4.69, 9.17) is 9.47 Å². The van der Waals surface area contributed by atoms with Crippen molar-refractivity contribution in [2.75, 3.05) is 25.7 Å². The van der Waals surface area contributed by atoms with Crippen LogP contribution < -0.4 is 10.6 Å². The van der Waals surface area contributed by atoms with Crippen molar-refractivity contribution in [3.05, 3.63) is 0 Å². The maximum absolute atomic E-state index is 13.5. The lowest BCUT2D eigenvalue weighted by Crippen LogP contribution is -2.57. The van der Waals surface area contributed by atoms with E-state index in [-0.39, 0.29) is 22.6 Å². The molecule has 2 N–H and O–H groups in total. The molecule has 0 aromatic heterocycles. The molecule has 2 atom stereocenters. The Hall–Kier alpha value is -1.42. The van der Waals surface area contributed by atoms with Gasteiger partial charge in [0.15, 0.2) is 0 Å². The Morgan fingerprint density at radius 2 is 0.875 bits per heavy atom. The minimum atomic E-state index is -0.749. The highest BCUT2D eigenvalue weighted by atomic mass is 33.1. The normalized spacial score (nSPS) is 39.9. The van der Waals surface area contributed by atoms with Crippen molar-refractivity contribution in [2.24, 2.45) is 46.3 Å². The summed E-state index contributed by atoms with van der Waals surface area (Å²) in [6.45, 7) is 0. The third-order valence-electron chi connectivity index (χ3n) is 11.2. The Kier molecular flexibility index (Phi) is 8.14. The van der Waals surface area contributed by atoms with Crippen LogP contribution in [-0.2, 0) is 28.7 Å². The molecule has 0 aromatic rings. The Morgan fingerprint density at radius 3 is 1.12 bits per heavy atom. The summed E-state index contributed by atoms with van der Waals surface area (Å²) in [5.74, 6) is 3.60. The predicted molar refractivity (Wildman–Crippen MR) is 154 cm³/mol. The van der Waals surface area contributed by atoms with Crippen molar-refractivity contribution in [1.82, 2.24) is 10.6 Å². The molecule has 0 radical (unpaired) electrons. The maximum Gasteiger partial charge on any atom is 0.329 e. The predicted octanol–water partition coefficient (Wildman–Crippen LogP) is 4.12. The number of amides is 2. The monoisotopic (exact) mass is 592 g/mol. The summed E-state index contributed by atoms with van der Waals surface area (Å²) in [5, 5.41) is 6.09. The second-order valence-electron chi connectivity index (χ2n) is 14.1. The molecule has 8 saturated carbocycles. The minimum Gasteiger partial charge on any atom is -0.467 e. The number of ether oxygens (including phenoxy) is 2. The third kappa shape index (κ3) is 5.52. The lowest BCUT2D eigenvalue weighted by Gasteiger charge is -2.55. The first kappa shape index (κ1) is 28.7. The van der Waals surface area contributed by atoms with E-state index in [9.17, 15) is 19.2 Å². The lowest BCUT2D eigenvalue weighted by atomic mass is 9.49. The molecule has 8 fully saturated rings. The van der Waals surface area contributed by atoms with Gasteiger partial charge in [-0.05, 0) is 113 Å². The Balaban J connectivity index is 1.02. The van der Waals surface area contributed by atoms with Crippen LogP contribution >= 0.6 is 21.6 Å². The SMILES string of the molecule is COC(=O)[C@H](CSSC[C@H](NC(=O)C12CC3CC(CC(C3)C1)C2)C(=O)OC)NC(=O)C12CC3CC(CC(C3)C1)C2. The summed E-state index contributed by atoms with van der Waals surface area (Å²) >= 11 is 0. The van der Waals surface area contributed by atoms with E-state index in [1.165, 1.54) is 74.3 Å². The van der Waals surface area contributed by atoms with Gasteiger partial charge in [-0.3, -0.25) is 9.59 Å². The zero-order valence-corrected chi connectivity index (χ0v) is 25.4. The van der Waals surface area contributed by atoms with Gasteiger partial charge in [0.25, 0.3) is 0 Å². The number of hydrogen-bond acceptors (Lipinski definition) is 8. The summed E-state index contributed by atoms with van der Waals surface area (Å²) in [5.41, 5.74) is -0.674. The van der Waals surface area contributed by atoms with Gasteiger partial charge in [0.2, 0.25) is 11.8 Å². The van der Waals surface area contributed by atoms with Crippen LogP contribution in [0.1, 0.15) is 77.0 Å².